The Kier molecular flexibility index (Phi) is 3.70. The Morgan fingerprint density at radius 2 is 2.25 bits per heavy atom. The van der Waals surface area contributed by atoms with E-state index in [2.05, 4.69) is 9.97 Å². The highest BCUT2D eigenvalue weighted by Gasteiger charge is 2.08. The number of pyridine rings is 1. The van der Waals surface area contributed by atoms with E-state index in [0.717, 1.165) is 21.4 Å². The molecule has 1 N–H and O–H groups in total. The Hall–Kier alpha value is -1.86. The molecule has 3 rings (SSSR count). The minimum Gasteiger partial charge on any atom is -0.481 e. The van der Waals surface area contributed by atoms with Gasteiger partial charge in [-0.05, 0) is 12.1 Å². The Labute approximate surface area is 123 Å². The van der Waals surface area contributed by atoms with Gasteiger partial charge in [-0.3, -0.25) is 4.79 Å². The lowest BCUT2D eigenvalue weighted by atomic mass is 10.3. The summed E-state index contributed by atoms with van der Waals surface area (Å²) < 4.78 is 2.85. The van der Waals surface area contributed by atoms with Crippen LogP contribution in [0.15, 0.2) is 40.3 Å². The van der Waals surface area contributed by atoms with E-state index in [9.17, 15) is 4.79 Å². The van der Waals surface area contributed by atoms with Crippen LogP contribution in [0, 0.1) is 0 Å². The SMILES string of the molecule is O=C(O)Cc1csc(SCc2cn3ccccc3n2)n1. The molecule has 7 heteroatoms. The first-order chi connectivity index (χ1) is 9.70. The van der Waals surface area contributed by atoms with Crippen LogP contribution >= 0.6 is 23.1 Å². The minimum atomic E-state index is -0.854. The summed E-state index contributed by atoms with van der Waals surface area (Å²) in [7, 11) is 0. The van der Waals surface area contributed by atoms with Gasteiger partial charge in [-0.2, -0.15) is 0 Å². The van der Waals surface area contributed by atoms with Crippen LogP contribution in [0.4, 0.5) is 0 Å². The molecule has 20 heavy (non-hydrogen) atoms. The van der Waals surface area contributed by atoms with Gasteiger partial charge in [0.1, 0.15) is 5.65 Å². The third-order valence-electron chi connectivity index (χ3n) is 2.62. The number of carboxylic acid groups (broad SMARTS) is 1. The standard InChI is InChI=1S/C13H11N3O2S2/c17-12(18)5-9-7-19-13(15-9)20-8-10-6-16-4-2-1-3-11(16)14-10/h1-4,6-7H,5,8H2,(H,17,18). The predicted octanol–water partition coefficient (Wildman–Crippen LogP) is 2.71. The lowest BCUT2D eigenvalue weighted by Crippen LogP contribution is -1.99. The zero-order chi connectivity index (χ0) is 13.9. The van der Waals surface area contributed by atoms with Gasteiger partial charge in [0, 0.05) is 23.5 Å². The quantitative estimate of drug-likeness (QED) is 0.734. The lowest BCUT2D eigenvalue weighted by Gasteiger charge is -1.92. The summed E-state index contributed by atoms with van der Waals surface area (Å²) in [6, 6.07) is 5.88. The van der Waals surface area contributed by atoms with E-state index in [4.69, 9.17) is 5.11 Å². The normalized spacial score (nSPS) is 11.0. The van der Waals surface area contributed by atoms with Crippen molar-refractivity contribution in [1.29, 1.82) is 0 Å². The Morgan fingerprint density at radius 1 is 1.35 bits per heavy atom. The van der Waals surface area contributed by atoms with Crippen LogP contribution in [-0.4, -0.2) is 25.4 Å². The monoisotopic (exact) mass is 305 g/mol. The molecule has 0 saturated heterocycles. The number of imidazole rings is 1. The highest BCUT2D eigenvalue weighted by Crippen LogP contribution is 2.26. The lowest BCUT2D eigenvalue weighted by molar-refractivity contribution is -0.136. The molecule has 102 valence electrons. The van der Waals surface area contributed by atoms with Crippen molar-refractivity contribution >= 4 is 34.7 Å². The van der Waals surface area contributed by atoms with Gasteiger partial charge >= 0.3 is 5.97 Å². The van der Waals surface area contributed by atoms with E-state index in [1.807, 2.05) is 35.0 Å². The molecule has 3 aromatic rings. The molecule has 0 spiro atoms. The number of thiazole rings is 1. The average molecular weight is 305 g/mol. The molecule has 0 aliphatic rings. The second kappa shape index (κ2) is 5.64. The third-order valence-corrected chi connectivity index (χ3v) is 4.72. The highest BCUT2D eigenvalue weighted by molar-refractivity contribution is 8.00. The smallest absolute Gasteiger partial charge is 0.309 e. The third kappa shape index (κ3) is 3.00. The predicted molar refractivity (Wildman–Crippen MR) is 78.2 cm³/mol. The van der Waals surface area contributed by atoms with Gasteiger partial charge in [-0.25, -0.2) is 9.97 Å². The number of aliphatic carboxylic acids is 1. The van der Waals surface area contributed by atoms with E-state index in [1.165, 1.54) is 11.3 Å². The Morgan fingerprint density at radius 3 is 3.05 bits per heavy atom. The molecule has 0 unspecified atom stereocenters. The van der Waals surface area contributed by atoms with Crippen molar-refractivity contribution in [2.75, 3.05) is 0 Å². The van der Waals surface area contributed by atoms with Crippen LogP contribution in [0.1, 0.15) is 11.4 Å². The second-order valence-electron chi connectivity index (χ2n) is 4.16. The minimum absolute atomic E-state index is 0.0224. The summed E-state index contributed by atoms with van der Waals surface area (Å²) in [6.07, 6.45) is 3.93. The van der Waals surface area contributed by atoms with Gasteiger partial charge in [0.15, 0.2) is 4.34 Å². The molecule has 0 aliphatic heterocycles. The summed E-state index contributed by atoms with van der Waals surface area (Å²) in [5.74, 6) is -0.131. The zero-order valence-corrected chi connectivity index (χ0v) is 12.0. The van der Waals surface area contributed by atoms with Gasteiger partial charge in [0.05, 0.1) is 17.8 Å². The number of nitrogens with zero attached hydrogens (tertiary/aromatic N) is 3. The fourth-order valence-electron chi connectivity index (χ4n) is 1.78. The van der Waals surface area contributed by atoms with Crippen LogP contribution in [0.5, 0.6) is 0 Å². The Bertz CT molecular complexity index is 718. The summed E-state index contributed by atoms with van der Waals surface area (Å²) >= 11 is 3.05. The van der Waals surface area contributed by atoms with Gasteiger partial charge in [-0.15, -0.1) is 11.3 Å². The topological polar surface area (TPSA) is 67.5 Å². The molecule has 0 amide bonds. The molecule has 0 bridgehead atoms. The van der Waals surface area contributed by atoms with Gasteiger partial charge < -0.3 is 9.51 Å². The van der Waals surface area contributed by atoms with Crippen LogP contribution in [0.3, 0.4) is 0 Å². The van der Waals surface area contributed by atoms with Crippen molar-refractivity contribution in [3.8, 4) is 0 Å². The largest absolute Gasteiger partial charge is 0.481 e. The maximum Gasteiger partial charge on any atom is 0.309 e. The fraction of sp³-hybridized carbons (Fsp3) is 0.154. The number of hydrogen-bond acceptors (Lipinski definition) is 5. The molecular formula is C13H11N3O2S2. The van der Waals surface area contributed by atoms with Crippen molar-refractivity contribution in [3.63, 3.8) is 0 Å². The first kappa shape index (κ1) is 13.1. The maximum absolute atomic E-state index is 10.6. The van der Waals surface area contributed by atoms with Crippen LogP contribution < -0.4 is 0 Å². The molecule has 3 aromatic heterocycles. The molecule has 0 aromatic carbocycles. The number of thioether (sulfide) groups is 1. The molecule has 0 radical (unpaired) electrons. The maximum atomic E-state index is 10.6. The van der Waals surface area contributed by atoms with Crippen molar-refractivity contribution < 1.29 is 9.90 Å². The number of fused-ring (bicyclic) bond motifs is 1. The summed E-state index contributed by atoms with van der Waals surface area (Å²) in [5.41, 5.74) is 2.52. The molecule has 0 atom stereocenters. The van der Waals surface area contributed by atoms with Crippen LogP contribution in [0.2, 0.25) is 0 Å². The molecular weight excluding hydrogens is 294 g/mol. The first-order valence-electron chi connectivity index (χ1n) is 5.92. The Balaban J connectivity index is 1.66. The molecule has 3 heterocycles. The summed E-state index contributed by atoms with van der Waals surface area (Å²) in [4.78, 5) is 19.4. The fourth-order valence-corrected chi connectivity index (χ4v) is 3.51. The van der Waals surface area contributed by atoms with Gasteiger partial charge in [0.2, 0.25) is 0 Å². The zero-order valence-electron chi connectivity index (χ0n) is 10.4. The molecule has 0 aliphatic carbocycles. The summed E-state index contributed by atoms with van der Waals surface area (Å²) in [5, 5.41) is 10.5. The number of carbonyl (C=O) groups is 1. The van der Waals surface area contributed by atoms with E-state index >= 15 is 0 Å². The second-order valence-corrected chi connectivity index (χ2v) is 6.24. The molecule has 0 saturated carbocycles. The van der Waals surface area contributed by atoms with E-state index < -0.39 is 5.97 Å². The molecule has 0 fully saturated rings. The van der Waals surface area contributed by atoms with Crippen molar-refractivity contribution in [1.82, 2.24) is 14.4 Å². The number of carboxylic acids is 1. The van der Waals surface area contributed by atoms with Crippen molar-refractivity contribution in [3.05, 3.63) is 47.4 Å². The number of rotatable bonds is 5. The number of hydrogen-bond donors (Lipinski definition) is 1. The number of aromatic nitrogens is 3. The van der Waals surface area contributed by atoms with E-state index in [1.54, 1.807) is 17.1 Å². The van der Waals surface area contributed by atoms with Crippen LogP contribution in [-0.2, 0) is 17.0 Å². The first-order valence-corrected chi connectivity index (χ1v) is 7.79. The highest BCUT2D eigenvalue weighted by atomic mass is 32.2. The summed E-state index contributed by atoms with van der Waals surface area (Å²) in [6.45, 7) is 0. The van der Waals surface area contributed by atoms with Crippen molar-refractivity contribution in [2.24, 2.45) is 0 Å². The van der Waals surface area contributed by atoms with E-state index in [-0.39, 0.29) is 6.42 Å². The van der Waals surface area contributed by atoms with E-state index in [0.29, 0.717) is 5.69 Å². The van der Waals surface area contributed by atoms with Gasteiger partial charge in [-0.1, -0.05) is 17.8 Å². The molecule has 5 nitrogen and oxygen atoms in total. The average Bonchev–Trinajstić information content (AvgIpc) is 3.01. The van der Waals surface area contributed by atoms with Crippen molar-refractivity contribution in [2.45, 2.75) is 16.5 Å². The van der Waals surface area contributed by atoms with Crippen LogP contribution in [0.25, 0.3) is 5.65 Å². The van der Waals surface area contributed by atoms with Gasteiger partial charge in [0.25, 0.3) is 0 Å².